The lowest BCUT2D eigenvalue weighted by Gasteiger charge is -2.43. The molecule has 0 N–H and O–H groups in total. The molecule has 0 amide bonds. The molecule has 0 aliphatic carbocycles. The van der Waals surface area contributed by atoms with Crippen LogP contribution in [0.25, 0.3) is 0 Å². The van der Waals surface area contributed by atoms with Crippen molar-refractivity contribution in [3.8, 4) is 0 Å². The summed E-state index contributed by atoms with van der Waals surface area (Å²) in [5.41, 5.74) is 0. The zero-order valence-electron chi connectivity index (χ0n) is 18.8. The van der Waals surface area contributed by atoms with Gasteiger partial charge in [0, 0.05) is 6.61 Å². The summed E-state index contributed by atoms with van der Waals surface area (Å²) in [6, 6.07) is 29.5. The van der Waals surface area contributed by atoms with Crippen molar-refractivity contribution in [1.29, 1.82) is 0 Å². The van der Waals surface area contributed by atoms with Gasteiger partial charge in [0.05, 0.1) is 10.6 Å². The minimum absolute atomic E-state index is 0.0647. The summed E-state index contributed by atoms with van der Waals surface area (Å²) >= 11 is 0. The lowest BCUT2D eigenvalue weighted by Crippen LogP contribution is -2.67. The number of benzene rings is 3. The Morgan fingerprint density at radius 1 is 0.774 bits per heavy atom. The van der Waals surface area contributed by atoms with Crippen LogP contribution in [0.4, 0.5) is 0 Å². The van der Waals surface area contributed by atoms with Gasteiger partial charge in [0.25, 0.3) is 8.32 Å². The SMILES string of the molecule is C[C@@H](CO[Si](c1ccccc1)(c1ccccc1)C(C)(C)C)CS(=O)(=O)c1ccccc1. The fraction of sp³-hybridized carbons (Fsp3) is 0.308. The van der Waals surface area contributed by atoms with Crippen LogP contribution in [0, 0.1) is 5.92 Å². The molecule has 3 rings (SSSR count). The van der Waals surface area contributed by atoms with Crippen LogP contribution in [-0.2, 0) is 14.3 Å². The number of rotatable bonds is 8. The third kappa shape index (κ3) is 5.17. The van der Waals surface area contributed by atoms with Gasteiger partial charge in [-0.05, 0) is 33.5 Å². The number of hydrogen-bond acceptors (Lipinski definition) is 3. The molecule has 0 aromatic heterocycles. The summed E-state index contributed by atoms with van der Waals surface area (Å²) in [5.74, 6) is -0.0678. The van der Waals surface area contributed by atoms with Gasteiger partial charge in [0.2, 0.25) is 0 Å². The molecular weight excluding hydrogens is 420 g/mol. The molecular formula is C26H32O3SSi. The van der Waals surface area contributed by atoms with Gasteiger partial charge in [-0.2, -0.15) is 0 Å². The zero-order chi connectivity index (χ0) is 22.5. The van der Waals surface area contributed by atoms with E-state index in [1.807, 2.05) is 25.1 Å². The molecule has 0 saturated heterocycles. The third-order valence-corrected chi connectivity index (χ3v) is 12.6. The maximum atomic E-state index is 12.9. The molecule has 3 nitrogen and oxygen atoms in total. The van der Waals surface area contributed by atoms with Gasteiger partial charge in [-0.25, -0.2) is 8.42 Å². The molecule has 0 spiro atoms. The molecule has 164 valence electrons. The molecule has 0 heterocycles. The Hall–Kier alpha value is -2.21. The summed E-state index contributed by atoms with van der Waals surface area (Å²) in [4.78, 5) is 0.368. The van der Waals surface area contributed by atoms with Crippen LogP contribution in [0.1, 0.15) is 27.7 Å². The number of hydrogen-bond donors (Lipinski definition) is 0. The van der Waals surface area contributed by atoms with E-state index >= 15 is 0 Å². The highest BCUT2D eigenvalue weighted by Crippen LogP contribution is 2.37. The van der Waals surface area contributed by atoms with Crippen LogP contribution in [0.3, 0.4) is 0 Å². The van der Waals surface area contributed by atoms with E-state index in [1.54, 1.807) is 24.3 Å². The topological polar surface area (TPSA) is 43.4 Å². The molecule has 3 aromatic rings. The van der Waals surface area contributed by atoms with Crippen molar-refractivity contribution in [3.63, 3.8) is 0 Å². The largest absolute Gasteiger partial charge is 0.407 e. The van der Waals surface area contributed by atoms with Crippen molar-refractivity contribution < 1.29 is 12.8 Å². The Morgan fingerprint density at radius 2 is 1.19 bits per heavy atom. The summed E-state index contributed by atoms with van der Waals surface area (Å²) in [6.07, 6.45) is 0. The number of sulfone groups is 1. The average Bonchev–Trinajstić information content (AvgIpc) is 2.75. The summed E-state index contributed by atoms with van der Waals surface area (Å²) in [7, 11) is -6.02. The molecule has 1 atom stereocenters. The van der Waals surface area contributed by atoms with Crippen LogP contribution < -0.4 is 10.4 Å². The predicted molar refractivity (Wildman–Crippen MR) is 131 cm³/mol. The minimum atomic E-state index is -3.36. The molecule has 3 aromatic carbocycles. The highest BCUT2D eigenvalue weighted by atomic mass is 32.2. The monoisotopic (exact) mass is 452 g/mol. The predicted octanol–water partition coefficient (Wildman–Crippen LogP) is 4.67. The molecule has 0 fully saturated rings. The van der Waals surface area contributed by atoms with Gasteiger partial charge >= 0.3 is 0 Å². The first-order valence-electron chi connectivity index (χ1n) is 10.7. The zero-order valence-corrected chi connectivity index (χ0v) is 20.6. The highest BCUT2D eigenvalue weighted by molar-refractivity contribution is 7.91. The molecule has 0 aliphatic heterocycles. The highest BCUT2D eigenvalue weighted by Gasteiger charge is 2.50. The van der Waals surface area contributed by atoms with Crippen LogP contribution in [0.5, 0.6) is 0 Å². The van der Waals surface area contributed by atoms with Gasteiger partial charge in [-0.3, -0.25) is 0 Å². The molecule has 0 saturated carbocycles. The first-order chi connectivity index (χ1) is 14.7. The van der Waals surface area contributed by atoms with Crippen LogP contribution in [0.15, 0.2) is 95.9 Å². The van der Waals surface area contributed by atoms with Crippen LogP contribution in [-0.4, -0.2) is 29.1 Å². The lowest BCUT2D eigenvalue weighted by molar-refractivity contribution is 0.256. The second-order valence-electron chi connectivity index (χ2n) is 9.17. The van der Waals surface area contributed by atoms with Crippen molar-refractivity contribution in [2.75, 3.05) is 12.4 Å². The van der Waals surface area contributed by atoms with Crippen molar-refractivity contribution in [3.05, 3.63) is 91.0 Å². The normalized spacial score (nSPS) is 13.7. The van der Waals surface area contributed by atoms with Crippen molar-refractivity contribution in [1.82, 2.24) is 0 Å². The van der Waals surface area contributed by atoms with E-state index < -0.39 is 18.2 Å². The van der Waals surface area contributed by atoms with Gasteiger partial charge in [0.1, 0.15) is 0 Å². The Labute approximate surface area is 188 Å². The molecule has 0 aliphatic rings. The fourth-order valence-corrected chi connectivity index (χ4v) is 10.5. The van der Waals surface area contributed by atoms with E-state index in [0.717, 1.165) is 0 Å². The summed E-state index contributed by atoms with van der Waals surface area (Å²) in [5, 5.41) is 2.27. The standard InChI is InChI=1S/C26H32O3SSi/c1-22(21-30(27,28)23-14-8-5-9-15-23)20-29-31(26(2,3)4,24-16-10-6-11-17-24)25-18-12-7-13-19-25/h5-19,22H,20-21H2,1-4H3/t22-/m0/s1. The van der Waals surface area contributed by atoms with E-state index in [4.69, 9.17) is 4.43 Å². The quantitative estimate of drug-likeness (QED) is 0.466. The average molecular weight is 453 g/mol. The van der Waals surface area contributed by atoms with E-state index in [0.29, 0.717) is 11.5 Å². The lowest BCUT2D eigenvalue weighted by atomic mass is 10.2. The van der Waals surface area contributed by atoms with Gasteiger partial charge < -0.3 is 4.43 Å². The van der Waals surface area contributed by atoms with E-state index in [1.165, 1.54) is 10.4 Å². The summed E-state index contributed by atoms with van der Waals surface area (Å²) < 4.78 is 32.6. The first kappa shape index (κ1) is 23.5. The molecule has 0 radical (unpaired) electrons. The third-order valence-electron chi connectivity index (χ3n) is 5.61. The van der Waals surface area contributed by atoms with Crippen LogP contribution in [0.2, 0.25) is 5.04 Å². The van der Waals surface area contributed by atoms with Crippen molar-refractivity contribution in [2.45, 2.75) is 37.6 Å². The fourth-order valence-electron chi connectivity index (χ4n) is 4.18. The van der Waals surface area contributed by atoms with E-state index in [9.17, 15) is 8.42 Å². The molecule has 5 heteroatoms. The Bertz CT molecular complexity index is 1020. The van der Waals surface area contributed by atoms with Gasteiger partial charge in [-0.15, -0.1) is 0 Å². The second kappa shape index (κ2) is 9.51. The smallest absolute Gasteiger partial charge is 0.261 e. The van der Waals surface area contributed by atoms with Crippen molar-refractivity contribution >= 4 is 28.5 Å². The molecule has 0 unspecified atom stereocenters. The first-order valence-corrected chi connectivity index (χ1v) is 14.3. The molecule has 31 heavy (non-hydrogen) atoms. The van der Waals surface area contributed by atoms with Gasteiger partial charge in [0.15, 0.2) is 9.84 Å². The Balaban J connectivity index is 1.93. The molecule has 0 bridgehead atoms. The maximum absolute atomic E-state index is 12.9. The van der Waals surface area contributed by atoms with Crippen LogP contribution >= 0.6 is 0 Å². The van der Waals surface area contributed by atoms with Crippen molar-refractivity contribution in [2.24, 2.45) is 5.92 Å². The maximum Gasteiger partial charge on any atom is 0.261 e. The summed E-state index contributed by atoms with van der Waals surface area (Å²) in [6.45, 7) is 9.03. The van der Waals surface area contributed by atoms with E-state index in [-0.39, 0.29) is 16.7 Å². The Morgan fingerprint density at radius 3 is 1.61 bits per heavy atom. The van der Waals surface area contributed by atoms with E-state index in [2.05, 4.69) is 69.3 Å². The van der Waals surface area contributed by atoms with Gasteiger partial charge in [-0.1, -0.05) is 107 Å². The minimum Gasteiger partial charge on any atom is -0.407 e. The second-order valence-corrected chi connectivity index (χ2v) is 15.5. The Kier molecular flexibility index (Phi) is 7.19.